The standard InChI is InChI=1S/C12H16ClF2NO/c1-12(2,6-16-7-13)8-4-10(15)11(17-3)5-9(8)14/h4-5,16H,6-7H2,1-3H3. The van der Waals surface area contributed by atoms with Crippen molar-refractivity contribution in [3.63, 3.8) is 0 Å². The number of hydrogen-bond donors (Lipinski definition) is 1. The molecule has 1 N–H and O–H groups in total. The second-order valence-electron chi connectivity index (χ2n) is 4.41. The van der Waals surface area contributed by atoms with E-state index in [1.165, 1.54) is 13.2 Å². The van der Waals surface area contributed by atoms with Gasteiger partial charge in [-0.2, -0.15) is 0 Å². The average Bonchev–Trinajstić information content (AvgIpc) is 2.28. The molecule has 1 rings (SSSR count). The summed E-state index contributed by atoms with van der Waals surface area (Å²) in [6.45, 7) is 4.09. The lowest BCUT2D eigenvalue weighted by molar-refractivity contribution is 0.377. The third kappa shape index (κ3) is 3.30. The summed E-state index contributed by atoms with van der Waals surface area (Å²) in [6.07, 6.45) is 0. The van der Waals surface area contributed by atoms with Gasteiger partial charge in [-0.25, -0.2) is 8.78 Å². The zero-order valence-corrected chi connectivity index (χ0v) is 10.9. The van der Waals surface area contributed by atoms with E-state index in [4.69, 9.17) is 16.3 Å². The molecular weight excluding hydrogens is 248 g/mol. The third-order valence-corrected chi connectivity index (χ3v) is 2.82. The van der Waals surface area contributed by atoms with Crippen LogP contribution in [0.25, 0.3) is 0 Å². The highest BCUT2D eigenvalue weighted by Crippen LogP contribution is 2.30. The van der Waals surface area contributed by atoms with Crippen LogP contribution in [0.4, 0.5) is 8.78 Å². The van der Waals surface area contributed by atoms with Crippen LogP contribution in [-0.4, -0.2) is 19.7 Å². The van der Waals surface area contributed by atoms with Gasteiger partial charge in [-0.05, 0) is 11.6 Å². The average molecular weight is 264 g/mol. The van der Waals surface area contributed by atoms with Crippen LogP contribution >= 0.6 is 11.6 Å². The molecule has 0 fully saturated rings. The summed E-state index contributed by atoms with van der Waals surface area (Å²) in [5.41, 5.74) is -0.250. The van der Waals surface area contributed by atoms with Crippen molar-refractivity contribution in [2.24, 2.45) is 0 Å². The van der Waals surface area contributed by atoms with E-state index < -0.39 is 17.0 Å². The Labute approximate surface area is 105 Å². The highest BCUT2D eigenvalue weighted by Gasteiger charge is 2.25. The van der Waals surface area contributed by atoms with Gasteiger partial charge in [0.15, 0.2) is 11.6 Å². The summed E-state index contributed by atoms with van der Waals surface area (Å²) in [4.78, 5) is 0. The van der Waals surface area contributed by atoms with Crippen molar-refractivity contribution >= 4 is 11.6 Å². The third-order valence-electron chi connectivity index (χ3n) is 2.63. The summed E-state index contributed by atoms with van der Waals surface area (Å²) >= 11 is 5.51. The minimum absolute atomic E-state index is 0.0904. The molecule has 1 aromatic rings. The highest BCUT2D eigenvalue weighted by molar-refractivity contribution is 6.17. The molecule has 17 heavy (non-hydrogen) atoms. The summed E-state index contributed by atoms with van der Waals surface area (Å²) in [5.74, 6) is -1.14. The molecule has 1 aromatic carbocycles. The molecule has 0 amide bonds. The van der Waals surface area contributed by atoms with E-state index in [-0.39, 0.29) is 11.8 Å². The van der Waals surface area contributed by atoms with Crippen LogP contribution < -0.4 is 10.1 Å². The lowest BCUT2D eigenvalue weighted by Gasteiger charge is -2.26. The van der Waals surface area contributed by atoms with Crippen LogP contribution in [0.15, 0.2) is 12.1 Å². The van der Waals surface area contributed by atoms with Gasteiger partial charge in [0, 0.05) is 18.0 Å². The maximum atomic E-state index is 13.8. The fraction of sp³-hybridized carbons (Fsp3) is 0.500. The number of methoxy groups -OCH3 is 1. The van der Waals surface area contributed by atoms with Crippen LogP contribution in [0.5, 0.6) is 5.75 Å². The lowest BCUT2D eigenvalue weighted by atomic mass is 9.84. The Bertz CT molecular complexity index is 396. The lowest BCUT2D eigenvalue weighted by Crippen LogP contribution is -2.33. The van der Waals surface area contributed by atoms with Gasteiger partial charge in [-0.1, -0.05) is 13.8 Å². The first-order chi connectivity index (χ1) is 7.92. The fourth-order valence-electron chi connectivity index (χ4n) is 1.66. The Hall–Kier alpha value is -0.870. The molecule has 0 aromatic heterocycles. The Morgan fingerprint density at radius 2 is 1.94 bits per heavy atom. The van der Waals surface area contributed by atoms with Crippen molar-refractivity contribution in [2.45, 2.75) is 19.3 Å². The minimum atomic E-state index is -0.567. The predicted molar refractivity (Wildman–Crippen MR) is 64.7 cm³/mol. The van der Waals surface area contributed by atoms with Crippen LogP contribution in [0.2, 0.25) is 0 Å². The molecule has 0 aliphatic carbocycles. The molecule has 0 unspecified atom stereocenters. The summed E-state index contributed by atoms with van der Waals surface area (Å²) in [5, 5.41) is 2.91. The van der Waals surface area contributed by atoms with Crippen LogP contribution in [0, 0.1) is 11.6 Å². The quantitative estimate of drug-likeness (QED) is 0.651. The maximum absolute atomic E-state index is 13.8. The number of nitrogens with one attached hydrogen (secondary N) is 1. The molecule has 0 saturated heterocycles. The van der Waals surface area contributed by atoms with Gasteiger partial charge in [0.25, 0.3) is 0 Å². The molecule has 2 nitrogen and oxygen atoms in total. The monoisotopic (exact) mass is 263 g/mol. The number of halogens is 3. The highest BCUT2D eigenvalue weighted by atomic mass is 35.5. The van der Waals surface area contributed by atoms with Crippen LogP contribution in [0.1, 0.15) is 19.4 Å². The van der Waals surface area contributed by atoms with E-state index in [1.54, 1.807) is 0 Å². The minimum Gasteiger partial charge on any atom is -0.494 e. The van der Waals surface area contributed by atoms with E-state index in [0.29, 0.717) is 12.1 Å². The van der Waals surface area contributed by atoms with Gasteiger partial charge >= 0.3 is 0 Å². The molecular formula is C12H16ClF2NO. The SMILES string of the molecule is COc1cc(F)c(C(C)(C)CNCCl)cc1F. The van der Waals surface area contributed by atoms with E-state index >= 15 is 0 Å². The summed E-state index contributed by atoms with van der Waals surface area (Å²) in [6, 6.07) is 2.50. The zero-order valence-electron chi connectivity index (χ0n) is 10.1. The molecule has 0 atom stereocenters. The van der Waals surface area contributed by atoms with Crippen molar-refractivity contribution in [3.8, 4) is 5.75 Å². The second kappa shape index (κ2) is 5.65. The first-order valence-electron chi connectivity index (χ1n) is 5.22. The fourth-order valence-corrected chi connectivity index (χ4v) is 1.75. The number of benzene rings is 1. The summed E-state index contributed by atoms with van der Waals surface area (Å²) in [7, 11) is 1.30. The van der Waals surface area contributed by atoms with Gasteiger partial charge < -0.3 is 10.1 Å². The van der Waals surface area contributed by atoms with Crippen LogP contribution in [-0.2, 0) is 5.41 Å². The van der Waals surface area contributed by atoms with Crippen molar-refractivity contribution in [2.75, 3.05) is 19.7 Å². The maximum Gasteiger partial charge on any atom is 0.165 e. The molecule has 96 valence electrons. The Kier molecular flexibility index (Phi) is 4.71. The Balaban J connectivity index is 3.09. The van der Waals surface area contributed by atoms with Crippen LogP contribution in [0.3, 0.4) is 0 Å². The van der Waals surface area contributed by atoms with Gasteiger partial charge in [-0.15, -0.1) is 11.6 Å². The Morgan fingerprint density at radius 1 is 1.29 bits per heavy atom. The molecule has 0 heterocycles. The largest absolute Gasteiger partial charge is 0.494 e. The van der Waals surface area contributed by atoms with Crippen molar-refractivity contribution in [1.82, 2.24) is 5.32 Å². The molecule has 0 aliphatic rings. The molecule has 0 spiro atoms. The smallest absolute Gasteiger partial charge is 0.165 e. The predicted octanol–water partition coefficient (Wildman–Crippen LogP) is 3.04. The topological polar surface area (TPSA) is 21.3 Å². The van der Waals surface area contributed by atoms with Gasteiger partial charge in [0.05, 0.1) is 13.1 Å². The first kappa shape index (κ1) is 14.2. The number of ether oxygens (including phenoxy) is 1. The van der Waals surface area contributed by atoms with Crippen molar-refractivity contribution in [1.29, 1.82) is 0 Å². The van der Waals surface area contributed by atoms with Gasteiger partial charge in [0.2, 0.25) is 0 Å². The Morgan fingerprint density at radius 3 is 2.47 bits per heavy atom. The first-order valence-corrected chi connectivity index (χ1v) is 5.76. The number of alkyl halides is 1. The summed E-state index contributed by atoms with van der Waals surface area (Å²) < 4.78 is 32.1. The number of rotatable bonds is 5. The van der Waals surface area contributed by atoms with E-state index in [1.807, 2.05) is 13.8 Å². The van der Waals surface area contributed by atoms with Crippen molar-refractivity contribution < 1.29 is 13.5 Å². The van der Waals surface area contributed by atoms with Gasteiger partial charge in [-0.3, -0.25) is 0 Å². The number of hydrogen-bond acceptors (Lipinski definition) is 2. The molecule has 0 saturated carbocycles. The molecule has 5 heteroatoms. The zero-order chi connectivity index (χ0) is 13.1. The van der Waals surface area contributed by atoms with E-state index in [0.717, 1.165) is 6.07 Å². The second-order valence-corrected chi connectivity index (χ2v) is 4.68. The molecule has 0 aliphatic heterocycles. The normalized spacial score (nSPS) is 11.6. The molecule has 0 radical (unpaired) electrons. The van der Waals surface area contributed by atoms with E-state index in [9.17, 15) is 8.78 Å². The molecule has 0 bridgehead atoms. The van der Waals surface area contributed by atoms with E-state index in [2.05, 4.69) is 5.32 Å². The van der Waals surface area contributed by atoms with Crippen molar-refractivity contribution in [3.05, 3.63) is 29.3 Å². The van der Waals surface area contributed by atoms with Gasteiger partial charge in [0.1, 0.15) is 5.82 Å².